The van der Waals surface area contributed by atoms with Gasteiger partial charge >= 0.3 is 0 Å². The first-order valence-electron chi connectivity index (χ1n) is 7.57. The van der Waals surface area contributed by atoms with E-state index in [1.165, 1.54) is 44.9 Å². The summed E-state index contributed by atoms with van der Waals surface area (Å²) in [5.74, 6) is 3.35. The molecule has 2 fully saturated rings. The van der Waals surface area contributed by atoms with Crippen LogP contribution in [0.4, 0.5) is 0 Å². The van der Waals surface area contributed by atoms with E-state index in [-0.39, 0.29) is 0 Å². The SMILES string of the molecule is C[C@H]1C[C@H](C[C@H]2CC[C@H](N)[C@@H](C)C2)CC[C@H]1N. The van der Waals surface area contributed by atoms with Gasteiger partial charge in [-0.3, -0.25) is 0 Å². The van der Waals surface area contributed by atoms with E-state index in [2.05, 4.69) is 13.8 Å². The van der Waals surface area contributed by atoms with Crippen LogP contribution in [-0.4, -0.2) is 12.1 Å². The van der Waals surface area contributed by atoms with Gasteiger partial charge in [0.15, 0.2) is 0 Å². The van der Waals surface area contributed by atoms with Crippen molar-refractivity contribution in [3.8, 4) is 0 Å². The first-order chi connectivity index (χ1) is 8.06. The van der Waals surface area contributed by atoms with Gasteiger partial charge in [0.2, 0.25) is 0 Å². The first-order valence-corrected chi connectivity index (χ1v) is 7.57. The zero-order valence-electron chi connectivity index (χ0n) is 11.6. The zero-order chi connectivity index (χ0) is 12.4. The Balaban J connectivity index is 1.78. The Labute approximate surface area is 107 Å². The fourth-order valence-corrected chi connectivity index (χ4v) is 3.96. The Morgan fingerprint density at radius 2 is 1.18 bits per heavy atom. The molecule has 2 heteroatoms. The Morgan fingerprint density at radius 1 is 0.765 bits per heavy atom. The summed E-state index contributed by atoms with van der Waals surface area (Å²) in [5.41, 5.74) is 12.2. The highest BCUT2D eigenvalue weighted by Gasteiger charge is 2.30. The Hall–Kier alpha value is -0.0800. The minimum atomic E-state index is 0.463. The maximum Gasteiger partial charge on any atom is 0.00647 e. The summed E-state index contributed by atoms with van der Waals surface area (Å²) in [6.45, 7) is 4.66. The molecule has 0 radical (unpaired) electrons. The van der Waals surface area contributed by atoms with Gasteiger partial charge in [0.05, 0.1) is 0 Å². The van der Waals surface area contributed by atoms with Crippen LogP contribution in [0, 0.1) is 23.7 Å². The molecule has 0 bridgehead atoms. The van der Waals surface area contributed by atoms with Gasteiger partial charge in [-0.2, -0.15) is 0 Å². The van der Waals surface area contributed by atoms with Crippen molar-refractivity contribution in [2.45, 2.75) is 70.9 Å². The highest BCUT2D eigenvalue weighted by atomic mass is 14.7. The van der Waals surface area contributed by atoms with Gasteiger partial charge in [-0.05, 0) is 68.6 Å². The fraction of sp³-hybridized carbons (Fsp3) is 1.00. The summed E-state index contributed by atoms with van der Waals surface area (Å²) in [6.07, 6.45) is 9.37. The quantitative estimate of drug-likeness (QED) is 0.777. The molecule has 2 rings (SSSR count). The van der Waals surface area contributed by atoms with Crippen LogP contribution in [0.15, 0.2) is 0 Å². The van der Waals surface area contributed by atoms with Gasteiger partial charge in [0, 0.05) is 12.1 Å². The molecule has 100 valence electrons. The van der Waals surface area contributed by atoms with Gasteiger partial charge < -0.3 is 11.5 Å². The summed E-state index contributed by atoms with van der Waals surface area (Å²) in [5, 5.41) is 0. The molecule has 2 nitrogen and oxygen atoms in total. The second-order valence-corrected chi connectivity index (χ2v) is 6.88. The molecule has 2 saturated carbocycles. The fourth-order valence-electron chi connectivity index (χ4n) is 3.96. The summed E-state index contributed by atoms with van der Waals surface area (Å²) >= 11 is 0. The molecule has 0 aromatic rings. The van der Waals surface area contributed by atoms with Crippen molar-refractivity contribution in [3.63, 3.8) is 0 Å². The Kier molecular flexibility index (Phi) is 4.48. The second-order valence-electron chi connectivity index (χ2n) is 6.88. The standard InChI is InChI=1S/C15H30N2/c1-10-7-12(3-5-14(10)16)9-13-4-6-15(17)11(2)8-13/h10-15H,3-9,16-17H2,1-2H3/t10-,11-,12-,13+,14-,15+/m0/s1. The number of nitrogens with two attached hydrogens (primary N) is 2. The molecule has 0 unspecified atom stereocenters. The summed E-state index contributed by atoms with van der Waals surface area (Å²) < 4.78 is 0. The monoisotopic (exact) mass is 238 g/mol. The molecule has 0 heterocycles. The van der Waals surface area contributed by atoms with Gasteiger partial charge in [-0.1, -0.05) is 13.8 Å². The van der Waals surface area contributed by atoms with Crippen molar-refractivity contribution in [1.82, 2.24) is 0 Å². The first kappa shape index (κ1) is 13.4. The molecule has 2 aliphatic carbocycles. The molecule has 2 aliphatic rings. The average Bonchev–Trinajstić information content (AvgIpc) is 2.29. The van der Waals surface area contributed by atoms with E-state index in [1.54, 1.807) is 0 Å². The predicted molar refractivity (Wildman–Crippen MR) is 73.6 cm³/mol. The normalized spacial score (nSPS) is 48.0. The minimum Gasteiger partial charge on any atom is -0.327 e. The second kappa shape index (κ2) is 5.71. The van der Waals surface area contributed by atoms with Crippen LogP contribution in [0.5, 0.6) is 0 Å². The van der Waals surface area contributed by atoms with Gasteiger partial charge in [0.25, 0.3) is 0 Å². The van der Waals surface area contributed by atoms with Crippen LogP contribution in [0.1, 0.15) is 58.8 Å². The van der Waals surface area contributed by atoms with Gasteiger partial charge in [-0.15, -0.1) is 0 Å². The summed E-state index contributed by atoms with van der Waals surface area (Å²) in [7, 11) is 0. The lowest BCUT2D eigenvalue weighted by atomic mass is 9.71. The molecular weight excluding hydrogens is 208 g/mol. The maximum absolute atomic E-state index is 6.10. The Morgan fingerprint density at radius 3 is 1.53 bits per heavy atom. The van der Waals surface area contributed by atoms with Crippen LogP contribution in [0.25, 0.3) is 0 Å². The minimum absolute atomic E-state index is 0.463. The van der Waals surface area contributed by atoms with Crippen LogP contribution in [-0.2, 0) is 0 Å². The number of hydrogen-bond donors (Lipinski definition) is 2. The van der Waals surface area contributed by atoms with E-state index < -0.39 is 0 Å². The van der Waals surface area contributed by atoms with Crippen molar-refractivity contribution in [1.29, 1.82) is 0 Å². The predicted octanol–water partition coefficient (Wildman–Crippen LogP) is 2.90. The van der Waals surface area contributed by atoms with Crippen molar-refractivity contribution in [3.05, 3.63) is 0 Å². The summed E-state index contributed by atoms with van der Waals surface area (Å²) in [4.78, 5) is 0. The molecule has 4 N–H and O–H groups in total. The topological polar surface area (TPSA) is 52.0 Å². The van der Waals surface area contributed by atoms with Crippen molar-refractivity contribution in [2.24, 2.45) is 35.1 Å². The van der Waals surface area contributed by atoms with E-state index in [9.17, 15) is 0 Å². The third-order valence-electron chi connectivity index (χ3n) is 5.36. The van der Waals surface area contributed by atoms with Gasteiger partial charge in [-0.25, -0.2) is 0 Å². The van der Waals surface area contributed by atoms with Crippen molar-refractivity contribution in [2.75, 3.05) is 0 Å². The Bertz CT molecular complexity index is 217. The van der Waals surface area contributed by atoms with E-state index >= 15 is 0 Å². The third kappa shape index (κ3) is 3.45. The maximum atomic E-state index is 6.10. The molecule has 0 spiro atoms. The molecular formula is C15H30N2. The third-order valence-corrected chi connectivity index (χ3v) is 5.36. The highest BCUT2D eigenvalue weighted by molar-refractivity contribution is 4.85. The van der Waals surface area contributed by atoms with Crippen LogP contribution < -0.4 is 11.5 Å². The molecule has 17 heavy (non-hydrogen) atoms. The lowest BCUT2D eigenvalue weighted by molar-refractivity contribution is 0.169. The van der Waals surface area contributed by atoms with Crippen LogP contribution in [0.3, 0.4) is 0 Å². The van der Waals surface area contributed by atoms with Crippen LogP contribution >= 0.6 is 0 Å². The number of hydrogen-bond acceptors (Lipinski definition) is 2. The zero-order valence-corrected chi connectivity index (χ0v) is 11.6. The lowest BCUT2D eigenvalue weighted by Crippen LogP contribution is -2.37. The van der Waals surface area contributed by atoms with E-state index in [0.29, 0.717) is 12.1 Å². The van der Waals surface area contributed by atoms with Gasteiger partial charge in [0.1, 0.15) is 0 Å². The lowest BCUT2D eigenvalue weighted by Gasteiger charge is -2.37. The van der Waals surface area contributed by atoms with E-state index in [1.807, 2.05) is 0 Å². The summed E-state index contributed by atoms with van der Waals surface area (Å²) in [6, 6.07) is 0.926. The van der Waals surface area contributed by atoms with Crippen molar-refractivity contribution >= 4 is 0 Å². The molecule has 0 saturated heterocycles. The highest BCUT2D eigenvalue weighted by Crippen LogP contribution is 2.38. The average molecular weight is 238 g/mol. The molecule has 0 aromatic heterocycles. The molecule has 0 aliphatic heterocycles. The van der Waals surface area contributed by atoms with E-state index in [0.717, 1.165) is 23.7 Å². The van der Waals surface area contributed by atoms with E-state index in [4.69, 9.17) is 11.5 Å². The molecule has 0 amide bonds. The van der Waals surface area contributed by atoms with Crippen LogP contribution in [0.2, 0.25) is 0 Å². The van der Waals surface area contributed by atoms with Crippen molar-refractivity contribution < 1.29 is 0 Å². The molecule has 0 aromatic carbocycles. The molecule has 6 atom stereocenters. The largest absolute Gasteiger partial charge is 0.327 e. The number of rotatable bonds is 2. The smallest absolute Gasteiger partial charge is 0.00647 e.